The lowest BCUT2D eigenvalue weighted by Gasteiger charge is -2.30. The molecule has 21 heavy (non-hydrogen) atoms. The third-order valence-corrected chi connectivity index (χ3v) is 4.55. The van der Waals surface area contributed by atoms with Crippen LogP contribution in [0.4, 0.5) is 0 Å². The molecule has 0 aromatic carbocycles. The van der Waals surface area contributed by atoms with Gasteiger partial charge in [-0.05, 0) is 25.2 Å². The summed E-state index contributed by atoms with van der Waals surface area (Å²) in [4.78, 5) is 16.2. The Morgan fingerprint density at radius 3 is 2.67 bits per heavy atom. The molecule has 1 unspecified atom stereocenters. The number of carbonyl (C=O) groups is 1. The van der Waals surface area contributed by atoms with E-state index in [4.69, 9.17) is 5.73 Å². The lowest BCUT2D eigenvalue weighted by molar-refractivity contribution is -0.122. The van der Waals surface area contributed by atoms with Crippen molar-refractivity contribution < 1.29 is 4.79 Å². The fourth-order valence-electron chi connectivity index (χ4n) is 2.79. The van der Waals surface area contributed by atoms with Crippen molar-refractivity contribution in [3.8, 4) is 0 Å². The van der Waals surface area contributed by atoms with Crippen molar-refractivity contribution in [3.63, 3.8) is 0 Å². The van der Waals surface area contributed by atoms with Crippen LogP contribution in [-0.2, 0) is 11.2 Å². The molecule has 1 heterocycles. The van der Waals surface area contributed by atoms with E-state index in [-0.39, 0.29) is 36.8 Å². The molecule has 4 nitrogen and oxygen atoms in total. The molecule has 7 heteroatoms. The maximum Gasteiger partial charge on any atom is 0.220 e. The van der Waals surface area contributed by atoms with Gasteiger partial charge in [0.2, 0.25) is 5.91 Å². The minimum atomic E-state index is 0. The number of nitrogens with zero attached hydrogens (tertiary/aromatic N) is 1. The number of aryl methyl sites for hydroxylation is 1. The highest BCUT2D eigenvalue weighted by Crippen LogP contribution is 2.26. The topological polar surface area (TPSA) is 68.0 Å². The lowest BCUT2D eigenvalue weighted by Crippen LogP contribution is -2.46. The van der Waals surface area contributed by atoms with Crippen molar-refractivity contribution in [2.45, 2.75) is 51.0 Å². The molecule has 0 bridgehead atoms. The van der Waals surface area contributed by atoms with Crippen LogP contribution < -0.4 is 11.1 Å². The van der Waals surface area contributed by atoms with Crippen LogP contribution in [0.25, 0.3) is 0 Å². The minimum absolute atomic E-state index is 0. The van der Waals surface area contributed by atoms with Gasteiger partial charge in [-0.3, -0.25) is 4.79 Å². The van der Waals surface area contributed by atoms with E-state index in [0.29, 0.717) is 18.9 Å². The molecule has 1 aliphatic rings. The summed E-state index contributed by atoms with van der Waals surface area (Å²) >= 11 is 1.57. The lowest BCUT2D eigenvalue weighted by atomic mass is 9.84. The van der Waals surface area contributed by atoms with Gasteiger partial charge in [-0.15, -0.1) is 36.2 Å². The van der Waals surface area contributed by atoms with Crippen molar-refractivity contribution in [3.05, 3.63) is 16.6 Å². The summed E-state index contributed by atoms with van der Waals surface area (Å²) < 4.78 is 0. The third-order valence-electron chi connectivity index (χ3n) is 3.91. The van der Waals surface area contributed by atoms with Gasteiger partial charge in [0, 0.05) is 24.4 Å². The average Bonchev–Trinajstić information content (AvgIpc) is 2.97. The average molecular weight is 354 g/mol. The maximum absolute atomic E-state index is 12.0. The van der Waals surface area contributed by atoms with Gasteiger partial charge in [0.1, 0.15) is 0 Å². The summed E-state index contributed by atoms with van der Waals surface area (Å²) in [5, 5.41) is 5.11. The number of amides is 1. The fourth-order valence-corrected chi connectivity index (χ4v) is 3.38. The first-order valence-corrected chi connectivity index (χ1v) is 8.10. The second-order valence-corrected chi connectivity index (χ2v) is 6.01. The molecule has 1 amide bonds. The van der Waals surface area contributed by atoms with Crippen molar-refractivity contribution in [2.24, 2.45) is 11.7 Å². The van der Waals surface area contributed by atoms with Crippen LogP contribution in [0.1, 0.15) is 44.2 Å². The zero-order chi connectivity index (χ0) is 13.5. The van der Waals surface area contributed by atoms with E-state index < -0.39 is 0 Å². The van der Waals surface area contributed by atoms with Crippen LogP contribution in [0.15, 0.2) is 10.9 Å². The summed E-state index contributed by atoms with van der Waals surface area (Å²) in [6.45, 7) is 0.549. The van der Waals surface area contributed by atoms with Crippen LogP contribution >= 0.6 is 36.2 Å². The van der Waals surface area contributed by atoms with Crippen LogP contribution in [0.2, 0.25) is 0 Å². The Labute approximate surface area is 143 Å². The number of thiazole rings is 1. The molecule has 0 saturated heterocycles. The number of rotatable bonds is 6. The first kappa shape index (κ1) is 20.6. The van der Waals surface area contributed by atoms with Crippen molar-refractivity contribution in [1.29, 1.82) is 0 Å². The summed E-state index contributed by atoms with van der Waals surface area (Å²) in [5.74, 6) is 0.677. The molecule has 3 N–H and O–H groups in total. The molecule has 1 aliphatic carbocycles. The quantitative estimate of drug-likeness (QED) is 0.825. The van der Waals surface area contributed by atoms with E-state index in [1.807, 2.05) is 5.38 Å². The van der Waals surface area contributed by atoms with E-state index in [1.54, 1.807) is 16.8 Å². The minimum Gasteiger partial charge on any atom is -0.352 e. The smallest absolute Gasteiger partial charge is 0.220 e. The number of hydrogen-bond acceptors (Lipinski definition) is 4. The number of nitrogens with two attached hydrogens (primary N) is 1. The molecule has 2 rings (SSSR count). The largest absolute Gasteiger partial charge is 0.352 e. The Hall–Kier alpha value is -0.360. The van der Waals surface area contributed by atoms with Gasteiger partial charge in [0.15, 0.2) is 0 Å². The van der Waals surface area contributed by atoms with Crippen molar-refractivity contribution >= 4 is 42.1 Å². The van der Waals surface area contributed by atoms with Crippen LogP contribution in [0.5, 0.6) is 0 Å². The summed E-state index contributed by atoms with van der Waals surface area (Å²) in [6.07, 6.45) is 7.50. The van der Waals surface area contributed by atoms with Gasteiger partial charge in [-0.1, -0.05) is 19.3 Å². The van der Waals surface area contributed by atoms with Crippen LogP contribution in [0.3, 0.4) is 0 Å². The molecule has 122 valence electrons. The second-order valence-electron chi connectivity index (χ2n) is 5.29. The van der Waals surface area contributed by atoms with Crippen molar-refractivity contribution in [2.75, 3.05) is 6.54 Å². The molecule has 1 aromatic heterocycles. The van der Waals surface area contributed by atoms with Gasteiger partial charge in [0.25, 0.3) is 0 Å². The normalized spacial score (nSPS) is 16.4. The van der Waals surface area contributed by atoms with E-state index in [0.717, 1.165) is 12.1 Å². The van der Waals surface area contributed by atoms with Gasteiger partial charge in [-0.2, -0.15) is 0 Å². The Morgan fingerprint density at radius 1 is 1.38 bits per heavy atom. The molecular formula is C14H25Cl2N3OS. The highest BCUT2D eigenvalue weighted by atomic mass is 35.5. The fraction of sp³-hybridized carbons (Fsp3) is 0.714. The van der Waals surface area contributed by atoms with Crippen LogP contribution in [-0.4, -0.2) is 23.5 Å². The first-order valence-electron chi connectivity index (χ1n) is 7.16. The zero-order valence-corrected chi connectivity index (χ0v) is 14.6. The molecule has 0 radical (unpaired) electrons. The van der Waals surface area contributed by atoms with E-state index in [2.05, 4.69) is 10.3 Å². The van der Waals surface area contributed by atoms with Crippen molar-refractivity contribution in [1.82, 2.24) is 10.3 Å². The molecule has 0 aliphatic heterocycles. The third kappa shape index (κ3) is 6.96. The number of aromatic nitrogens is 1. The Balaban J connectivity index is 0.00000200. The molecule has 1 atom stereocenters. The Kier molecular flexibility index (Phi) is 11.0. The molecule has 0 spiro atoms. The summed E-state index contributed by atoms with van der Waals surface area (Å²) in [6, 6.07) is 0.156. The summed E-state index contributed by atoms with van der Waals surface area (Å²) in [7, 11) is 0. The van der Waals surface area contributed by atoms with Gasteiger partial charge >= 0.3 is 0 Å². The first-order chi connectivity index (χ1) is 9.29. The maximum atomic E-state index is 12.0. The van der Waals surface area contributed by atoms with E-state index >= 15 is 0 Å². The highest BCUT2D eigenvalue weighted by molar-refractivity contribution is 7.07. The number of carbonyl (C=O) groups excluding carboxylic acids is 1. The summed E-state index contributed by atoms with van der Waals surface area (Å²) in [5.41, 5.74) is 8.62. The number of hydrogen-bond donors (Lipinski definition) is 2. The highest BCUT2D eigenvalue weighted by Gasteiger charge is 2.23. The number of halogens is 2. The van der Waals surface area contributed by atoms with Crippen LogP contribution in [0, 0.1) is 5.92 Å². The Bertz CT molecular complexity index is 384. The molecular weight excluding hydrogens is 329 g/mol. The second kappa shape index (κ2) is 11.2. The SMILES string of the molecule is Cl.Cl.NCC(NC(=O)CCc1cscn1)C1CCCCC1. The monoisotopic (exact) mass is 353 g/mol. The Morgan fingerprint density at radius 2 is 2.10 bits per heavy atom. The van der Waals surface area contributed by atoms with E-state index in [9.17, 15) is 4.79 Å². The molecule has 1 saturated carbocycles. The predicted octanol–water partition coefficient (Wildman–Crippen LogP) is 2.94. The van der Waals surface area contributed by atoms with Gasteiger partial charge in [-0.25, -0.2) is 4.98 Å². The van der Waals surface area contributed by atoms with Gasteiger partial charge < -0.3 is 11.1 Å². The standard InChI is InChI=1S/C14H23N3OS.2ClH/c15-8-13(11-4-2-1-3-5-11)17-14(18)7-6-12-9-19-10-16-12;;/h9-11,13H,1-8,15H2,(H,17,18);2*1H. The number of nitrogens with one attached hydrogen (secondary N) is 1. The van der Waals surface area contributed by atoms with Gasteiger partial charge in [0.05, 0.1) is 11.2 Å². The predicted molar refractivity (Wildman–Crippen MR) is 92.5 cm³/mol. The molecule has 1 aromatic rings. The molecule has 1 fully saturated rings. The van der Waals surface area contributed by atoms with E-state index in [1.165, 1.54) is 32.1 Å². The zero-order valence-electron chi connectivity index (χ0n) is 12.1.